The molecule has 0 saturated carbocycles. The SMILES string of the molecule is CC(C)(C)OC(=O)C1=CCCN=C1. The lowest BCUT2D eigenvalue weighted by atomic mass is 10.1. The molecule has 0 bridgehead atoms. The van der Waals surface area contributed by atoms with Gasteiger partial charge >= 0.3 is 5.97 Å². The fourth-order valence-corrected chi connectivity index (χ4v) is 0.983. The number of aliphatic imine (C=N–C) groups is 1. The molecule has 0 N–H and O–H groups in total. The van der Waals surface area contributed by atoms with Gasteiger partial charge in [-0.2, -0.15) is 0 Å². The Balaban J connectivity index is 2.58. The molecule has 0 unspecified atom stereocenters. The maximum absolute atomic E-state index is 11.4. The third-order valence-corrected chi connectivity index (χ3v) is 1.49. The Kier molecular flexibility index (Phi) is 2.86. The zero-order chi connectivity index (χ0) is 9.90. The minimum Gasteiger partial charge on any atom is -0.456 e. The first-order chi connectivity index (χ1) is 5.99. The Morgan fingerprint density at radius 1 is 1.54 bits per heavy atom. The lowest BCUT2D eigenvalue weighted by Crippen LogP contribution is -2.25. The first-order valence-electron chi connectivity index (χ1n) is 4.42. The summed E-state index contributed by atoms with van der Waals surface area (Å²) in [4.78, 5) is 15.4. The normalized spacial score (nSPS) is 16.7. The molecule has 0 radical (unpaired) electrons. The van der Waals surface area contributed by atoms with Gasteiger partial charge in [-0.15, -0.1) is 0 Å². The highest BCUT2D eigenvalue weighted by molar-refractivity contribution is 6.09. The lowest BCUT2D eigenvalue weighted by Gasteiger charge is -2.20. The van der Waals surface area contributed by atoms with Crippen molar-refractivity contribution < 1.29 is 9.53 Å². The summed E-state index contributed by atoms with van der Waals surface area (Å²) in [6.45, 7) is 6.33. The van der Waals surface area contributed by atoms with Gasteiger partial charge in [0.15, 0.2) is 0 Å². The number of esters is 1. The van der Waals surface area contributed by atoms with E-state index >= 15 is 0 Å². The van der Waals surface area contributed by atoms with Crippen LogP contribution in [-0.4, -0.2) is 24.3 Å². The summed E-state index contributed by atoms with van der Waals surface area (Å²) >= 11 is 0. The standard InChI is InChI=1S/C10H15NO2/c1-10(2,3)13-9(12)8-5-4-6-11-7-8/h5,7H,4,6H2,1-3H3. The van der Waals surface area contributed by atoms with Crippen LogP contribution < -0.4 is 0 Å². The van der Waals surface area contributed by atoms with Crippen LogP contribution in [0.15, 0.2) is 16.6 Å². The van der Waals surface area contributed by atoms with Gasteiger partial charge in [-0.3, -0.25) is 4.99 Å². The molecule has 3 heteroatoms. The summed E-state index contributed by atoms with van der Waals surface area (Å²) in [5.41, 5.74) is 0.143. The minimum atomic E-state index is -0.427. The third-order valence-electron chi connectivity index (χ3n) is 1.49. The maximum atomic E-state index is 11.4. The highest BCUT2D eigenvalue weighted by Gasteiger charge is 2.19. The molecule has 0 saturated heterocycles. The second-order valence-corrected chi connectivity index (χ2v) is 3.99. The number of dihydropyridines is 1. The number of ether oxygens (including phenoxy) is 1. The van der Waals surface area contributed by atoms with Crippen molar-refractivity contribution >= 4 is 12.2 Å². The highest BCUT2D eigenvalue weighted by Crippen LogP contribution is 2.11. The molecule has 0 aliphatic carbocycles. The summed E-state index contributed by atoms with van der Waals surface area (Å²) in [6, 6.07) is 0. The van der Waals surface area contributed by atoms with Crippen molar-refractivity contribution in [2.45, 2.75) is 32.8 Å². The topological polar surface area (TPSA) is 38.7 Å². The smallest absolute Gasteiger partial charge is 0.339 e. The van der Waals surface area contributed by atoms with Crippen molar-refractivity contribution in [3.63, 3.8) is 0 Å². The summed E-state index contributed by atoms with van der Waals surface area (Å²) in [5.74, 6) is -0.282. The molecular formula is C10H15NO2. The predicted octanol–water partition coefficient (Wildman–Crippen LogP) is 1.73. The molecule has 3 nitrogen and oxygen atoms in total. The van der Waals surface area contributed by atoms with Crippen molar-refractivity contribution in [3.05, 3.63) is 11.6 Å². The maximum Gasteiger partial charge on any atom is 0.339 e. The monoisotopic (exact) mass is 181 g/mol. The largest absolute Gasteiger partial charge is 0.456 e. The molecule has 13 heavy (non-hydrogen) atoms. The Morgan fingerprint density at radius 3 is 2.69 bits per heavy atom. The molecule has 1 heterocycles. The van der Waals surface area contributed by atoms with Crippen molar-refractivity contribution in [2.24, 2.45) is 4.99 Å². The van der Waals surface area contributed by atoms with Crippen LogP contribution in [0.2, 0.25) is 0 Å². The molecule has 1 aliphatic heterocycles. The zero-order valence-corrected chi connectivity index (χ0v) is 8.33. The molecule has 0 amide bonds. The number of rotatable bonds is 1. The Morgan fingerprint density at radius 2 is 2.23 bits per heavy atom. The van der Waals surface area contributed by atoms with Crippen LogP contribution in [0, 0.1) is 0 Å². The Bertz CT molecular complexity index is 259. The fourth-order valence-electron chi connectivity index (χ4n) is 0.983. The van der Waals surface area contributed by atoms with E-state index in [4.69, 9.17) is 4.74 Å². The van der Waals surface area contributed by atoms with Gasteiger partial charge in [0.1, 0.15) is 5.60 Å². The average molecular weight is 181 g/mol. The number of hydrogen-bond donors (Lipinski definition) is 0. The van der Waals surface area contributed by atoms with E-state index in [0.29, 0.717) is 5.57 Å². The average Bonchev–Trinajstić information content (AvgIpc) is 2.03. The number of carbonyl (C=O) groups is 1. The summed E-state index contributed by atoms with van der Waals surface area (Å²) in [5, 5.41) is 0. The molecule has 0 aromatic rings. The van der Waals surface area contributed by atoms with Gasteiger partial charge in [-0.1, -0.05) is 6.08 Å². The highest BCUT2D eigenvalue weighted by atomic mass is 16.6. The number of nitrogens with zero attached hydrogens (tertiary/aromatic N) is 1. The van der Waals surface area contributed by atoms with E-state index in [1.807, 2.05) is 26.8 Å². The van der Waals surface area contributed by atoms with E-state index in [9.17, 15) is 4.79 Å². The third kappa shape index (κ3) is 3.40. The van der Waals surface area contributed by atoms with Gasteiger partial charge in [-0.25, -0.2) is 4.79 Å². The molecule has 0 spiro atoms. The second kappa shape index (κ2) is 3.73. The molecule has 1 rings (SSSR count). The van der Waals surface area contributed by atoms with Gasteiger partial charge in [0, 0.05) is 12.8 Å². The van der Waals surface area contributed by atoms with Gasteiger partial charge in [-0.05, 0) is 27.2 Å². The number of hydrogen-bond acceptors (Lipinski definition) is 3. The molecule has 0 atom stereocenters. The summed E-state index contributed by atoms with van der Waals surface area (Å²) in [7, 11) is 0. The summed E-state index contributed by atoms with van der Waals surface area (Å²) < 4.78 is 5.18. The molecule has 1 aliphatic rings. The van der Waals surface area contributed by atoms with Gasteiger partial charge < -0.3 is 4.74 Å². The Hall–Kier alpha value is -1.12. The Labute approximate surface area is 78.5 Å². The van der Waals surface area contributed by atoms with Crippen molar-refractivity contribution in [2.75, 3.05) is 6.54 Å². The van der Waals surface area contributed by atoms with Crippen molar-refractivity contribution in [3.8, 4) is 0 Å². The lowest BCUT2D eigenvalue weighted by molar-refractivity contribution is -0.149. The zero-order valence-electron chi connectivity index (χ0n) is 8.33. The van der Waals surface area contributed by atoms with Crippen LogP contribution in [0.3, 0.4) is 0 Å². The van der Waals surface area contributed by atoms with Gasteiger partial charge in [0.05, 0.1) is 5.57 Å². The number of carbonyl (C=O) groups excluding carboxylic acids is 1. The van der Waals surface area contributed by atoms with E-state index in [-0.39, 0.29) is 5.97 Å². The van der Waals surface area contributed by atoms with Crippen molar-refractivity contribution in [1.29, 1.82) is 0 Å². The predicted molar refractivity (Wildman–Crippen MR) is 51.9 cm³/mol. The first kappa shape index (κ1) is 9.96. The minimum absolute atomic E-state index is 0.282. The molecule has 0 aromatic heterocycles. The van der Waals surface area contributed by atoms with E-state index < -0.39 is 5.60 Å². The van der Waals surface area contributed by atoms with Crippen molar-refractivity contribution in [1.82, 2.24) is 0 Å². The van der Waals surface area contributed by atoms with E-state index in [1.54, 1.807) is 6.21 Å². The van der Waals surface area contributed by atoms with Crippen LogP contribution in [0.5, 0.6) is 0 Å². The van der Waals surface area contributed by atoms with Crippen LogP contribution in [-0.2, 0) is 9.53 Å². The van der Waals surface area contributed by atoms with Crippen LogP contribution in [0.25, 0.3) is 0 Å². The van der Waals surface area contributed by atoms with E-state index in [0.717, 1.165) is 13.0 Å². The van der Waals surface area contributed by atoms with Crippen LogP contribution in [0.4, 0.5) is 0 Å². The second-order valence-electron chi connectivity index (χ2n) is 3.99. The van der Waals surface area contributed by atoms with E-state index in [2.05, 4.69) is 4.99 Å². The molecule has 72 valence electrons. The first-order valence-corrected chi connectivity index (χ1v) is 4.42. The fraction of sp³-hybridized carbons (Fsp3) is 0.600. The van der Waals surface area contributed by atoms with E-state index in [1.165, 1.54) is 0 Å². The molecule has 0 aromatic carbocycles. The molecular weight excluding hydrogens is 166 g/mol. The van der Waals surface area contributed by atoms with Gasteiger partial charge in [0.2, 0.25) is 0 Å². The van der Waals surface area contributed by atoms with Gasteiger partial charge in [0.25, 0.3) is 0 Å². The quantitative estimate of drug-likeness (QED) is 0.578. The van der Waals surface area contributed by atoms with Crippen LogP contribution >= 0.6 is 0 Å². The van der Waals surface area contributed by atoms with Crippen LogP contribution in [0.1, 0.15) is 27.2 Å². The summed E-state index contributed by atoms with van der Waals surface area (Å²) in [6.07, 6.45) is 4.27. The molecule has 0 fully saturated rings.